The molecule has 0 aliphatic heterocycles. The van der Waals surface area contributed by atoms with E-state index in [2.05, 4.69) is 13.0 Å². The molecule has 1 N–H and O–H groups in total. The van der Waals surface area contributed by atoms with Crippen LogP contribution in [0.1, 0.15) is 31.9 Å². The second-order valence-corrected chi connectivity index (χ2v) is 3.18. The molecule has 0 radical (unpaired) electrons. The van der Waals surface area contributed by atoms with Crippen molar-refractivity contribution in [1.82, 2.24) is 0 Å². The van der Waals surface area contributed by atoms with Gasteiger partial charge in [-0.25, -0.2) is 0 Å². The van der Waals surface area contributed by atoms with Crippen molar-refractivity contribution >= 4 is 5.71 Å². The first kappa shape index (κ1) is 9.97. The van der Waals surface area contributed by atoms with Crippen LogP contribution < -0.4 is 0 Å². The third-order valence-corrected chi connectivity index (χ3v) is 2.33. The van der Waals surface area contributed by atoms with E-state index in [1.54, 1.807) is 0 Å². The summed E-state index contributed by atoms with van der Waals surface area (Å²) < 4.78 is 0. The zero-order valence-electron chi connectivity index (χ0n) is 8.59. The van der Waals surface area contributed by atoms with Crippen molar-refractivity contribution in [1.29, 1.82) is 5.41 Å². The summed E-state index contributed by atoms with van der Waals surface area (Å²) in [6.45, 7) is 6.11. The number of hydrogen-bond donors (Lipinski definition) is 1. The maximum atomic E-state index is 7.74. The van der Waals surface area contributed by atoms with E-state index in [4.69, 9.17) is 5.41 Å². The molecule has 0 fully saturated rings. The van der Waals surface area contributed by atoms with Gasteiger partial charge in [0, 0.05) is 11.6 Å². The van der Waals surface area contributed by atoms with E-state index in [1.165, 1.54) is 5.56 Å². The second kappa shape index (κ2) is 4.22. The van der Waals surface area contributed by atoms with Gasteiger partial charge in [0.25, 0.3) is 0 Å². The zero-order valence-corrected chi connectivity index (χ0v) is 8.59. The van der Waals surface area contributed by atoms with Gasteiger partial charge in [-0.2, -0.15) is 0 Å². The van der Waals surface area contributed by atoms with Crippen LogP contribution in [-0.4, -0.2) is 5.71 Å². The van der Waals surface area contributed by atoms with Gasteiger partial charge in [-0.15, -0.1) is 0 Å². The second-order valence-electron chi connectivity index (χ2n) is 3.18. The highest BCUT2D eigenvalue weighted by atomic mass is 14.5. The van der Waals surface area contributed by atoms with E-state index in [-0.39, 0.29) is 0 Å². The van der Waals surface area contributed by atoms with E-state index in [0.717, 1.165) is 17.7 Å². The molecule has 0 saturated heterocycles. The first-order chi connectivity index (χ1) is 6.29. The molecule has 2 rings (SSSR count). The largest absolute Gasteiger partial charge is 0.304 e. The van der Waals surface area contributed by atoms with Crippen LogP contribution in [0.25, 0.3) is 0 Å². The van der Waals surface area contributed by atoms with Crippen LogP contribution in [-0.2, 0) is 6.42 Å². The molecular weight excluding hydrogens is 158 g/mol. The van der Waals surface area contributed by atoms with E-state index in [0.29, 0.717) is 5.92 Å². The van der Waals surface area contributed by atoms with Gasteiger partial charge in [0.1, 0.15) is 0 Å². The molecule has 0 spiro atoms. The fourth-order valence-electron chi connectivity index (χ4n) is 1.66. The van der Waals surface area contributed by atoms with Gasteiger partial charge in [0.2, 0.25) is 0 Å². The summed E-state index contributed by atoms with van der Waals surface area (Å²) in [4.78, 5) is 0. The standard InChI is InChI=1S/C10H11N.C2H6/c1-7-6-8-4-2-3-5-9(8)10(7)11;1-2/h2-5,7,11H,6H2,1H3;1-2H3. The van der Waals surface area contributed by atoms with E-state index in [1.807, 2.05) is 32.0 Å². The van der Waals surface area contributed by atoms with Crippen LogP contribution in [0.3, 0.4) is 0 Å². The Balaban J connectivity index is 0.000000396. The Kier molecular flexibility index (Phi) is 3.24. The maximum absolute atomic E-state index is 7.74. The molecule has 0 saturated carbocycles. The maximum Gasteiger partial charge on any atom is 0.0420 e. The smallest absolute Gasteiger partial charge is 0.0420 e. The Hall–Kier alpha value is -1.11. The summed E-state index contributed by atoms with van der Waals surface area (Å²) in [7, 11) is 0. The zero-order chi connectivity index (χ0) is 9.84. The first-order valence-corrected chi connectivity index (χ1v) is 4.96. The molecule has 0 aromatic heterocycles. The van der Waals surface area contributed by atoms with Gasteiger partial charge in [0.15, 0.2) is 0 Å². The highest BCUT2D eigenvalue weighted by Crippen LogP contribution is 2.25. The Labute approximate surface area is 80.3 Å². The quantitative estimate of drug-likeness (QED) is 0.625. The topological polar surface area (TPSA) is 23.9 Å². The van der Waals surface area contributed by atoms with Crippen molar-refractivity contribution < 1.29 is 0 Å². The molecule has 1 heteroatoms. The van der Waals surface area contributed by atoms with Crippen molar-refractivity contribution in [3.8, 4) is 0 Å². The highest BCUT2D eigenvalue weighted by molar-refractivity contribution is 6.03. The number of fused-ring (bicyclic) bond motifs is 1. The molecule has 1 aromatic carbocycles. The van der Waals surface area contributed by atoms with Crippen molar-refractivity contribution in [2.45, 2.75) is 27.2 Å². The number of hydrogen-bond acceptors (Lipinski definition) is 1. The fraction of sp³-hybridized carbons (Fsp3) is 0.417. The minimum absolute atomic E-state index is 0.424. The lowest BCUT2D eigenvalue weighted by Gasteiger charge is -1.97. The Bertz CT molecular complexity index is 302. The van der Waals surface area contributed by atoms with Crippen LogP contribution in [0.5, 0.6) is 0 Å². The van der Waals surface area contributed by atoms with Gasteiger partial charge in [-0.05, 0) is 17.5 Å². The molecule has 0 bridgehead atoms. The third-order valence-electron chi connectivity index (χ3n) is 2.33. The number of nitrogens with one attached hydrogen (secondary N) is 1. The Morgan fingerprint density at radius 3 is 2.46 bits per heavy atom. The third kappa shape index (κ3) is 1.80. The molecule has 70 valence electrons. The molecule has 1 aliphatic carbocycles. The molecule has 1 nitrogen and oxygen atoms in total. The van der Waals surface area contributed by atoms with Crippen LogP contribution in [0.4, 0.5) is 0 Å². The molecule has 0 amide bonds. The van der Waals surface area contributed by atoms with E-state index in [9.17, 15) is 0 Å². The summed E-state index contributed by atoms with van der Waals surface area (Å²) >= 11 is 0. The van der Waals surface area contributed by atoms with Crippen LogP contribution in [0.2, 0.25) is 0 Å². The van der Waals surface area contributed by atoms with Crippen LogP contribution in [0, 0.1) is 11.3 Å². The van der Waals surface area contributed by atoms with Crippen molar-refractivity contribution in [3.05, 3.63) is 35.4 Å². The van der Waals surface area contributed by atoms with Crippen molar-refractivity contribution in [2.24, 2.45) is 5.92 Å². The normalized spacial score (nSPS) is 19.0. The lowest BCUT2D eigenvalue weighted by Crippen LogP contribution is -2.02. The lowest BCUT2D eigenvalue weighted by atomic mass is 10.1. The van der Waals surface area contributed by atoms with Gasteiger partial charge in [-0.3, -0.25) is 0 Å². The average molecular weight is 175 g/mol. The molecule has 1 aliphatic rings. The molecule has 1 atom stereocenters. The summed E-state index contributed by atoms with van der Waals surface area (Å²) in [5, 5.41) is 7.74. The fourth-order valence-corrected chi connectivity index (χ4v) is 1.66. The summed E-state index contributed by atoms with van der Waals surface area (Å²) in [6, 6.07) is 8.21. The predicted octanol–water partition coefficient (Wildman–Crippen LogP) is 3.27. The molecular formula is C12H17N. The van der Waals surface area contributed by atoms with Crippen LogP contribution in [0.15, 0.2) is 24.3 Å². The Morgan fingerprint density at radius 1 is 1.23 bits per heavy atom. The molecule has 1 unspecified atom stereocenters. The summed E-state index contributed by atoms with van der Waals surface area (Å²) in [5.41, 5.74) is 3.30. The molecule has 1 aromatic rings. The average Bonchev–Trinajstić information content (AvgIpc) is 2.47. The predicted molar refractivity (Wildman–Crippen MR) is 57.5 cm³/mol. The van der Waals surface area contributed by atoms with Crippen molar-refractivity contribution in [2.75, 3.05) is 0 Å². The van der Waals surface area contributed by atoms with Gasteiger partial charge >= 0.3 is 0 Å². The van der Waals surface area contributed by atoms with Gasteiger partial charge in [-0.1, -0.05) is 45.0 Å². The Morgan fingerprint density at radius 2 is 1.85 bits per heavy atom. The SMILES string of the molecule is CC.CC1Cc2ccccc2C1=N. The van der Waals surface area contributed by atoms with Crippen molar-refractivity contribution in [3.63, 3.8) is 0 Å². The van der Waals surface area contributed by atoms with E-state index < -0.39 is 0 Å². The minimum atomic E-state index is 0.424. The highest BCUT2D eigenvalue weighted by Gasteiger charge is 2.22. The molecule has 0 heterocycles. The molecule has 13 heavy (non-hydrogen) atoms. The summed E-state index contributed by atoms with van der Waals surface area (Å²) in [5.74, 6) is 0.424. The summed E-state index contributed by atoms with van der Waals surface area (Å²) in [6.07, 6.45) is 1.05. The first-order valence-electron chi connectivity index (χ1n) is 4.96. The van der Waals surface area contributed by atoms with Crippen LogP contribution >= 0.6 is 0 Å². The van der Waals surface area contributed by atoms with Gasteiger partial charge < -0.3 is 5.41 Å². The number of benzene rings is 1. The number of rotatable bonds is 0. The minimum Gasteiger partial charge on any atom is -0.304 e. The monoisotopic (exact) mass is 175 g/mol. The van der Waals surface area contributed by atoms with E-state index >= 15 is 0 Å². The lowest BCUT2D eigenvalue weighted by molar-refractivity contribution is 0.796. The van der Waals surface area contributed by atoms with Gasteiger partial charge in [0.05, 0.1) is 0 Å².